The molecule has 0 unspecified atom stereocenters. The van der Waals surface area contributed by atoms with Crippen LogP contribution in [0.15, 0.2) is 54.1 Å². The van der Waals surface area contributed by atoms with Crippen LogP contribution in [0.4, 0.5) is 13.2 Å². The minimum atomic E-state index is -4.70. The number of alkyl halides is 3. The average molecular weight is 594 g/mol. The third-order valence-corrected chi connectivity index (χ3v) is 8.63. The van der Waals surface area contributed by atoms with Crippen LogP contribution < -0.4 is 0 Å². The fourth-order valence-corrected chi connectivity index (χ4v) is 5.99. The van der Waals surface area contributed by atoms with Crippen LogP contribution in [0.2, 0.25) is 10.0 Å². The number of benzene rings is 2. The van der Waals surface area contributed by atoms with E-state index in [4.69, 9.17) is 23.2 Å². The molecule has 212 valence electrons. The molecule has 3 aliphatic rings. The van der Waals surface area contributed by atoms with Gasteiger partial charge in [-0.05, 0) is 55.2 Å². The van der Waals surface area contributed by atoms with E-state index >= 15 is 0 Å². The van der Waals surface area contributed by atoms with Gasteiger partial charge in [0.25, 0.3) is 5.91 Å². The molecule has 2 atom stereocenters. The lowest BCUT2D eigenvalue weighted by Crippen LogP contribution is -2.45. The van der Waals surface area contributed by atoms with Gasteiger partial charge < -0.3 is 14.7 Å². The van der Waals surface area contributed by atoms with Gasteiger partial charge in [0, 0.05) is 61.2 Å². The van der Waals surface area contributed by atoms with Gasteiger partial charge in [0.1, 0.15) is 0 Å². The Morgan fingerprint density at radius 3 is 2.20 bits per heavy atom. The lowest BCUT2D eigenvalue weighted by Gasteiger charge is -2.33. The van der Waals surface area contributed by atoms with Crippen LogP contribution in [-0.2, 0) is 15.8 Å². The summed E-state index contributed by atoms with van der Waals surface area (Å²) < 4.78 is 40.3. The summed E-state index contributed by atoms with van der Waals surface area (Å²) in [6.45, 7) is 1.62. The highest BCUT2D eigenvalue weighted by Gasteiger charge is 2.43. The van der Waals surface area contributed by atoms with Gasteiger partial charge in [-0.25, -0.2) is 0 Å². The van der Waals surface area contributed by atoms with E-state index in [1.807, 2.05) is 18.2 Å². The number of amides is 3. The monoisotopic (exact) mass is 593 g/mol. The van der Waals surface area contributed by atoms with E-state index in [1.54, 1.807) is 29.0 Å². The highest BCUT2D eigenvalue weighted by atomic mass is 35.5. The number of hydrogen-bond acceptors (Lipinski definition) is 3. The second-order valence-corrected chi connectivity index (χ2v) is 11.4. The van der Waals surface area contributed by atoms with Crippen LogP contribution in [0, 0.1) is 5.92 Å². The highest BCUT2D eigenvalue weighted by Crippen LogP contribution is 2.37. The van der Waals surface area contributed by atoms with E-state index in [2.05, 4.69) is 0 Å². The maximum atomic E-state index is 13.6. The molecule has 0 aromatic heterocycles. The summed E-state index contributed by atoms with van der Waals surface area (Å²) >= 11 is 11.8. The molecule has 2 fully saturated rings. The number of halogens is 5. The maximum absolute atomic E-state index is 13.6. The molecule has 2 aromatic carbocycles. The Kier molecular flexibility index (Phi) is 7.90. The van der Waals surface area contributed by atoms with Gasteiger partial charge >= 0.3 is 6.18 Å². The molecule has 2 heterocycles. The first kappa shape index (κ1) is 28.5. The number of carbonyl (C=O) groups excluding carboxylic acids is 3. The van der Waals surface area contributed by atoms with Gasteiger partial charge in [-0.2, -0.15) is 13.2 Å². The molecule has 0 bridgehead atoms. The predicted molar refractivity (Wildman–Crippen MR) is 145 cm³/mol. The van der Waals surface area contributed by atoms with Crippen LogP contribution >= 0.6 is 23.2 Å². The molecule has 2 aromatic rings. The third kappa shape index (κ3) is 5.86. The highest BCUT2D eigenvalue weighted by molar-refractivity contribution is 6.31. The van der Waals surface area contributed by atoms with Crippen molar-refractivity contribution in [3.8, 4) is 0 Å². The number of hydrogen-bond donors (Lipinski definition) is 0. The molecule has 11 heteroatoms. The van der Waals surface area contributed by atoms with Crippen molar-refractivity contribution in [1.82, 2.24) is 14.7 Å². The molecule has 2 saturated heterocycles. The van der Waals surface area contributed by atoms with Crippen molar-refractivity contribution in [2.75, 3.05) is 33.2 Å². The first-order valence-electron chi connectivity index (χ1n) is 13.1. The number of carbonyl (C=O) groups is 3. The molecule has 40 heavy (non-hydrogen) atoms. The molecular formula is C29H28Cl2F3N3O3. The Balaban J connectivity index is 1.35. The van der Waals surface area contributed by atoms with Crippen molar-refractivity contribution in [1.29, 1.82) is 0 Å². The van der Waals surface area contributed by atoms with Crippen molar-refractivity contribution in [3.63, 3.8) is 0 Å². The van der Waals surface area contributed by atoms with Gasteiger partial charge in [0.05, 0.1) is 16.6 Å². The van der Waals surface area contributed by atoms with Crippen molar-refractivity contribution in [2.45, 2.75) is 37.4 Å². The molecule has 0 spiro atoms. The number of allylic oxidation sites excluding steroid dienone is 1. The van der Waals surface area contributed by atoms with E-state index in [9.17, 15) is 27.6 Å². The third-order valence-electron chi connectivity index (χ3n) is 8.05. The summed E-state index contributed by atoms with van der Waals surface area (Å²) in [5.41, 5.74) is 0.485. The summed E-state index contributed by atoms with van der Waals surface area (Å²) in [6, 6.07) is 9.78. The Morgan fingerprint density at radius 2 is 1.60 bits per heavy atom. The molecule has 6 nitrogen and oxygen atoms in total. The predicted octanol–water partition coefficient (Wildman–Crippen LogP) is 5.65. The number of nitrogens with zero attached hydrogens (tertiary/aromatic N) is 3. The average Bonchev–Trinajstić information content (AvgIpc) is 3.70. The lowest BCUT2D eigenvalue weighted by molar-refractivity contribution is -0.138. The van der Waals surface area contributed by atoms with Gasteiger partial charge in [-0.3, -0.25) is 14.4 Å². The van der Waals surface area contributed by atoms with E-state index in [0.29, 0.717) is 37.5 Å². The van der Waals surface area contributed by atoms with E-state index in [-0.39, 0.29) is 35.8 Å². The summed E-state index contributed by atoms with van der Waals surface area (Å²) in [5.74, 6) is -1.10. The Morgan fingerprint density at radius 1 is 0.950 bits per heavy atom. The number of likely N-dealkylation sites (N-methyl/N-ethyl adjacent to an activating group) is 1. The van der Waals surface area contributed by atoms with Gasteiger partial charge in [-0.1, -0.05) is 41.4 Å². The smallest absolute Gasteiger partial charge is 0.340 e. The minimum absolute atomic E-state index is 0.0362. The first-order valence-corrected chi connectivity index (χ1v) is 13.9. The van der Waals surface area contributed by atoms with Crippen molar-refractivity contribution < 1.29 is 27.6 Å². The fourth-order valence-electron chi connectivity index (χ4n) is 5.64. The molecule has 3 amide bonds. The molecular weight excluding hydrogens is 566 g/mol. The molecule has 0 saturated carbocycles. The molecule has 0 N–H and O–H groups in total. The first-order chi connectivity index (χ1) is 18.9. The van der Waals surface area contributed by atoms with Crippen LogP contribution in [-0.4, -0.2) is 71.7 Å². The topological polar surface area (TPSA) is 60.9 Å². The van der Waals surface area contributed by atoms with Crippen molar-refractivity contribution in [2.24, 2.45) is 5.92 Å². The normalized spacial score (nSPS) is 21.3. The molecule has 2 aliphatic heterocycles. The molecule has 5 rings (SSSR count). The zero-order chi connectivity index (χ0) is 28.8. The standard InChI is InChI=1S/C29H28Cl2F3N3O3/c1-35(26(38)20-6-9-24(31)23(14-20)29(32,33)34)25-16-37(15-22(25)17-4-7-21(30)8-5-17)28(40)19-10-12-36(13-11-19)27(39)18-2-3-18/h2,4-9,14,19,22,25H,3,10-13,15-16H2,1H3/t22-,25+/m0/s1. The Labute approximate surface area is 240 Å². The van der Waals surface area contributed by atoms with Crippen molar-refractivity contribution >= 4 is 40.9 Å². The summed E-state index contributed by atoms with van der Waals surface area (Å²) in [4.78, 5) is 44.3. The fraction of sp³-hybridized carbons (Fsp3) is 0.414. The van der Waals surface area contributed by atoms with Gasteiger partial charge in [0.2, 0.25) is 11.8 Å². The summed E-state index contributed by atoms with van der Waals surface area (Å²) in [7, 11) is 1.54. The molecule has 0 radical (unpaired) electrons. The van der Waals surface area contributed by atoms with Gasteiger partial charge in [0.15, 0.2) is 0 Å². The zero-order valence-electron chi connectivity index (χ0n) is 21.8. The summed E-state index contributed by atoms with van der Waals surface area (Å²) in [5, 5.41) is 0.0600. The Bertz CT molecular complexity index is 1350. The number of rotatable bonds is 5. The van der Waals surface area contributed by atoms with Crippen LogP contribution in [0.1, 0.15) is 46.7 Å². The van der Waals surface area contributed by atoms with E-state index in [1.165, 1.54) is 11.0 Å². The minimum Gasteiger partial charge on any atom is -0.340 e. The summed E-state index contributed by atoms with van der Waals surface area (Å²) in [6.07, 6.45) is -0.954. The van der Waals surface area contributed by atoms with Gasteiger partial charge in [-0.15, -0.1) is 0 Å². The maximum Gasteiger partial charge on any atom is 0.417 e. The van der Waals surface area contributed by atoms with Crippen molar-refractivity contribution in [3.05, 3.63) is 80.8 Å². The SMILES string of the molecule is CN(C(=O)c1ccc(Cl)c(C(F)(F)F)c1)[C@@H]1CN(C(=O)C2CCN(C(=O)C3=CC3)CC2)C[C@H]1c1ccc(Cl)cc1. The van der Waals surface area contributed by atoms with E-state index in [0.717, 1.165) is 29.7 Å². The van der Waals surface area contributed by atoms with E-state index < -0.39 is 28.7 Å². The number of piperidine rings is 1. The number of likely N-dealkylation sites (tertiary alicyclic amines) is 2. The quantitative estimate of drug-likeness (QED) is 0.450. The zero-order valence-corrected chi connectivity index (χ0v) is 23.3. The second-order valence-electron chi connectivity index (χ2n) is 10.6. The molecule has 1 aliphatic carbocycles. The lowest BCUT2D eigenvalue weighted by atomic mass is 9.93. The van der Waals surface area contributed by atoms with Crippen LogP contribution in [0.3, 0.4) is 0 Å². The largest absolute Gasteiger partial charge is 0.417 e. The van der Waals surface area contributed by atoms with Crippen LogP contribution in [0.5, 0.6) is 0 Å². The van der Waals surface area contributed by atoms with Crippen LogP contribution in [0.25, 0.3) is 0 Å². The Hall–Kier alpha value is -3.04. The second kappa shape index (κ2) is 11.1.